The molecule has 0 N–H and O–H groups in total. The molecule has 2 aromatic rings. The number of carbonyl (C=O) groups excluding carboxylic acids is 1. The molecule has 1 aliphatic carbocycles. The molecule has 2 aromatic carbocycles. The fourth-order valence-electron chi connectivity index (χ4n) is 3.70. The lowest BCUT2D eigenvalue weighted by Gasteiger charge is -2.38. The van der Waals surface area contributed by atoms with Crippen LogP contribution in [0.2, 0.25) is 0 Å². The van der Waals surface area contributed by atoms with Crippen LogP contribution in [0.15, 0.2) is 48.5 Å². The Bertz CT molecular complexity index is 821. The first-order chi connectivity index (χ1) is 13.2. The Labute approximate surface area is 163 Å². The van der Waals surface area contributed by atoms with E-state index < -0.39 is 36.0 Å². The van der Waals surface area contributed by atoms with E-state index in [1.807, 2.05) is 32.0 Å². The molecule has 1 aliphatic rings. The van der Waals surface area contributed by atoms with Crippen LogP contribution in [0.3, 0.4) is 0 Å². The summed E-state index contributed by atoms with van der Waals surface area (Å²) < 4.78 is 47.9. The largest absolute Gasteiger partial charge is 0.465 e. The first-order valence-corrected chi connectivity index (χ1v) is 9.64. The van der Waals surface area contributed by atoms with Gasteiger partial charge in [-0.1, -0.05) is 56.3 Å². The molecule has 1 fully saturated rings. The van der Waals surface area contributed by atoms with E-state index in [9.17, 15) is 18.0 Å². The average Bonchev–Trinajstić information content (AvgIpc) is 2.67. The predicted octanol–water partition coefficient (Wildman–Crippen LogP) is 6.14. The van der Waals surface area contributed by atoms with Gasteiger partial charge in [-0.15, -0.1) is 0 Å². The van der Waals surface area contributed by atoms with Gasteiger partial charge in [0.1, 0.15) is 5.82 Å². The number of carbonyl (C=O) groups is 1. The molecule has 150 valence electrons. The van der Waals surface area contributed by atoms with Gasteiger partial charge in [-0.05, 0) is 36.0 Å². The molecule has 28 heavy (non-hydrogen) atoms. The second-order valence-electron chi connectivity index (χ2n) is 7.99. The van der Waals surface area contributed by atoms with Crippen molar-refractivity contribution in [3.8, 4) is 11.1 Å². The highest BCUT2D eigenvalue weighted by molar-refractivity contribution is 5.84. The normalized spacial score (nSPS) is 18.1. The summed E-state index contributed by atoms with van der Waals surface area (Å²) in [6, 6.07) is 13.7. The zero-order valence-electron chi connectivity index (χ0n) is 16.2. The number of alkyl halides is 2. The van der Waals surface area contributed by atoms with E-state index in [2.05, 4.69) is 0 Å². The monoisotopic (exact) mass is 390 g/mol. The summed E-state index contributed by atoms with van der Waals surface area (Å²) in [7, 11) is 0. The molecule has 0 radical (unpaired) electrons. The molecule has 0 aromatic heterocycles. The van der Waals surface area contributed by atoms with Crippen LogP contribution in [-0.2, 0) is 14.9 Å². The quantitative estimate of drug-likeness (QED) is 0.573. The fourth-order valence-corrected chi connectivity index (χ4v) is 3.70. The van der Waals surface area contributed by atoms with Crippen LogP contribution < -0.4 is 0 Å². The molecule has 0 aliphatic heterocycles. The van der Waals surface area contributed by atoms with Crippen molar-refractivity contribution in [3.63, 3.8) is 0 Å². The van der Waals surface area contributed by atoms with Gasteiger partial charge < -0.3 is 4.74 Å². The van der Waals surface area contributed by atoms with Crippen molar-refractivity contribution >= 4 is 5.97 Å². The van der Waals surface area contributed by atoms with E-state index in [1.165, 1.54) is 6.07 Å². The average molecular weight is 390 g/mol. The van der Waals surface area contributed by atoms with Gasteiger partial charge in [0, 0.05) is 18.4 Å². The maximum atomic E-state index is 14.9. The standard InChI is InChI=1S/C23H25F3O2/c1-16(2)15-28-21(27)22(10-12-23(25,26)13-11-22)18-8-9-19(20(24)14-18)17-6-4-3-5-7-17/h3-9,14,16H,10-13,15H2,1-2H3. The Balaban J connectivity index is 1.96. The molecule has 1 saturated carbocycles. The number of ether oxygens (including phenoxy) is 1. The van der Waals surface area contributed by atoms with Crippen molar-refractivity contribution in [2.75, 3.05) is 6.61 Å². The molecular weight excluding hydrogens is 365 g/mol. The molecule has 0 atom stereocenters. The van der Waals surface area contributed by atoms with Gasteiger partial charge in [-0.3, -0.25) is 4.79 Å². The summed E-state index contributed by atoms with van der Waals surface area (Å²) in [5, 5.41) is 0. The van der Waals surface area contributed by atoms with Crippen LogP contribution in [0.4, 0.5) is 13.2 Å². The molecule has 0 amide bonds. The van der Waals surface area contributed by atoms with Gasteiger partial charge in [-0.25, -0.2) is 13.2 Å². The third kappa shape index (κ3) is 4.23. The topological polar surface area (TPSA) is 26.3 Å². The SMILES string of the molecule is CC(C)COC(=O)C1(c2ccc(-c3ccccc3)c(F)c2)CCC(F)(F)CC1. The van der Waals surface area contributed by atoms with Crippen LogP contribution >= 0.6 is 0 Å². The molecule has 0 heterocycles. The van der Waals surface area contributed by atoms with Gasteiger partial charge in [-0.2, -0.15) is 0 Å². The minimum absolute atomic E-state index is 0.0545. The van der Waals surface area contributed by atoms with Crippen LogP contribution in [0.5, 0.6) is 0 Å². The molecule has 2 nitrogen and oxygen atoms in total. The molecule has 0 saturated heterocycles. The Morgan fingerprint density at radius 2 is 1.68 bits per heavy atom. The van der Waals surface area contributed by atoms with E-state index in [-0.39, 0.29) is 25.4 Å². The van der Waals surface area contributed by atoms with Gasteiger partial charge in [0.25, 0.3) is 0 Å². The van der Waals surface area contributed by atoms with Crippen LogP contribution in [0, 0.1) is 11.7 Å². The summed E-state index contributed by atoms with van der Waals surface area (Å²) in [5.41, 5.74) is 0.315. The molecular formula is C23H25F3O2. The zero-order valence-corrected chi connectivity index (χ0v) is 16.2. The number of esters is 1. The first-order valence-electron chi connectivity index (χ1n) is 9.64. The van der Waals surface area contributed by atoms with E-state index in [1.54, 1.807) is 24.3 Å². The lowest BCUT2D eigenvalue weighted by Crippen LogP contribution is -2.44. The third-order valence-corrected chi connectivity index (χ3v) is 5.38. The number of benzene rings is 2. The van der Waals surface area contributed by atoms with Crippen molar-refractivity contribution < 1.29 is 22.7 Å². The van der Waals surface area contributed by atoms with Crippen LogP contribution in [0.25, 0.3) is 11.1 Å². The van der Waals surface area contributed by atoms with E-state index in [4.69, 9.17) is 4.74 Å². The van der Waals surface area contributed by atoms with Crippen molar-refractivity contribution in [3.05, 3.63) is 59.9 Å². The molecule has 0 spiro atoms. The minimum atomic E-state index is -2.80. The Morgan fingerprint density at radius 1 is 1.04 bits per heavy atom. The molecule has 0 unspecified atom stereocenters. The number of hydrogen-bond acceptors (Lipinski definition) is 2. The summed E-state index contributed by atoms with van der Waals surface area (Å²) in [6.07, 6.45) is -0.931. The summed E-state index contributed by atoms with van der Waals surface area (Å²) in [4.78, 5) is 12.9. The Morgan fingerprint density at radius 3 is 2.25 bits per heavy atom. The number of hydrogen-bond donors (Lipinski definition) is 0. The molecule has 3 rings (SSSR count). The third-order valence-electron chi connectivity index (χ3n) is 5.38. The van der Waals surface area contributed by atoms with Crippen molar-refractivity contribution in [1.82, 2.24) is 0 Å². The fraction of sp³-hybridized carbons (Fsp3) is 0.435. The zero-order chi connectivity index (χ0) is 20.4. The van der Waals surface area contributed by atoms with Gasteiger partial charge >= 0.3 is 5.97 Å². The van der Waals surface area contributed by atoms with Crippen LogP contribution in [0.1, 0.15) is 45.1 Å². The Kier molecular flexibility index (Phi) is 5.82. The maximum Gasteiger partial charge on any atom is 0.316 e. The summed E-state index contributed by atoms with van der Waals surface area (Å²) >= 11 is 0. The van der Waals surface area contributed by atoms with Crippen molar-refractivity contribution in [2.24, 2.45) is 5.92 Å². The van der Waals surface area contributed by atoms with E-state index in [0.717, 1.165) is 5.56 Å². The Hall–Kier alpha value is -2.30. The first kappa shape index (κ1) is 20.4. The van der Waals surface area contributed by atoms with Gasteiger partial charge in [0.2, 0.25) is 5.92 Å². The van der Waals surface area contributed by atoms with Crippen molar-refractivity contribution in [1.29, 1.82) is 0 Å². The highest BCUT2D eigenvalue weighted by atomic mass is 19.3. The molecule has 5 heteroatoms. The van der Waals surface area contributed by atoms with Gasteiger partial charge in [0.05, 0.1) is 12.0 Å². The maximum absolute atomic E-state index is 14.9. The molecule has 0 bridgehead atoms. The summed E-state index contributed by atoms with van der Waals surface area (Å²) in [5.74, 6) is -3.69. The number of rotatable bonds is 5. The minimum Gasteiger partial charge on any atom is -0.465 e. The van der Waals surface area contributed by atoms with Crippen LogP contribution in [-0.4, -0.2) is 18.5 Å². The number of halogens is 3. The lowest BCUT2D eigenvalue weighted by atomic mass is 9.68. The predicted molar refractivity (Wildman–Crippen MR) is 103 cm³/mol. The highest BCUT2D eigenvalue weighted by Gasteiger charge is 2.50. The second kappa shape index (κ2) is 7.98. The second-order valence-corrected chi connectivity index (χ2v) is 7.99. The smallest absolute Gasteiger partial charge is 0.316 e. The highest BCUT2D eigenvalue weighted by Crippen LogP contribution is 2.47. The van der Waals surface area contributed by atoms with E-state index in [0.29, 0.717) is 11.1 Å². The van der Waals surface area contributed by atoms with E-state index >= 15 is 0 Å². The van der Waals surface area contributed by atoms with Gasteiger partial charge in [0.15, 0.2) is 0 Å². The van der Waals surface area contributed by atoms with Crippen molar-refractivity contribution in [2.45, 2.75) is 50.9 Å². The lowest BCUT2D eigenvalue weighted by molar-refractivity contribution is -0.157. The summed E-state index contributed by atoms with van der Waals surface area (Å²) in [6.45, 7) is 4.02.